The molecule has 2 heteroatoms. The molecule has 0 saturated heterocycles. The van der Waals surface area contributed by atoms with Gasteiger partial charge in [-0.1, -0.05) is 19.9 Å². The highest BCUT2D eigenvalue weighted by Gasteiger charge is 2.33. The third-order valence-electron chi connectivity index (χ3n) is 4.36. The monoisotopic (exact) mass is 249 g/mol. The average molecular weight is 249 g/mol. The molecule has 1 N–H and O–H groups in total. The molecule has 3 atom stereocenters. The summed E-state index contributed by atoms with van der Waals surface area (Å²) in [7, 11) is 0. The number of aryl methyl sites for hydroxylation is 1. The van der Waals surface area contributed by atoms with Gasteiger partial charge in [-0.15, -0.1) is 0 Å². The molecular formula is C16H24FN. The maximum absolute atomic E-state index is 13.4. The summed E-state index contributed by atoms with van der Waals surface area (Å²) in [6.45, 7) is 7.67. The molecule has 1 aliphatic carbocycles. The van der Waals surface area contributed by atoms with Crippen LogP contribution in [0.3, 0.4) is 0 Å². The molecule has 0 amide bonds. The number of rotatable bonds is 4. The predicted octanol–water partition coefficient (Wildman–Crippen LogP) is 4.02. The van der Waals surface area contributed by atoms with Crippen LogP contribution in [0.1, 0.15) is 50.2 Å². The van der Waals surface area contributed by atoms with Crippen LogP contribution in [0.2, 0.25) is 0 Å². The summed E-state index contributed by atoms with van der Waals surface area (Å²) >= 11 is 0. The highest BCUT2D eigenvalue weighted by molar-refractivity contribution is 5.31. The van der Waals surface area contributed by atoms with Crippen molar-refractivity contribution < 1.29 is 4.39 Å². The third-order valence-corrected chi connectivity index (χ3v) is 4.36. The lowest BCUT2D eigenvalue weighted by molar-refractivity contribution is 0.403. The van der Waals surface area contributed by atoms with E-state index in [2.05, 4.69) is 26.1 Å². The van der Waals surface area contributed by atoms with E-state index in [0.717, 1.165) is 6.54 Å². The van der Waals surface area contributed by atoms with Crippen molar-refractivity contribution in [3.63, 3.8) is 0 Å². The normalized spacial score (nSPS) is 27.7. The van der Waals surface area contributed by atoms with E-state index in [1.165, 1.54) is 30.4 Å². The second-order valence-corrected chi connectivity index (χ2v) is 5.60. The fourth-order valence-corrected chi connectivity index (χ4v) is 3.23. The topological polar surface area (TPSA) is 12.0 Å². The van der Waals surface area contributed by atoms with Gasteiger partial charge in [0.1, 0.15) is 5.82 Å². The molecule has 2 rings (SSSR count). The lowest BCUT2D eigenvalue weighted by Gasteiger charge is -2.23. The van der Waals surface area contributed by atoms with Gasteiger partial charge in [0.05, 0.1) is 0 Å². The number of halogens is 1. The van der Waals surface area contributed by atoms with Crippen LogP contribution in [0.15, 0.2) is 18.2 Å². The molecule has 0 aromatic heterocycles. The number of hydrogen-bond acceptors (Lipinski definition) is 1. The van der Waals surface area contributed by atoms with Gasteiger partial charge >= 0.3 is 0 Å². The van der Waals surface area contributed by atoms with Crippen LogP contribution in [-0.2, 0) is 0 Å². The van der Waals surface area contributed by atoms with Gasteiger partial charge in [0.15, 0.2) is 0 Å². The molecule has 1 aromatic carbocycles. The van der Waals surface area contributed by atoms with Gasteiger partial charge in [-0.25, -0.2) is 4.39 Å². The Labute approximate surface area is 110 Å². The minimum Gasteiger partial charge on any atom is -0.314 e. The molecule has 3 unspecified atom stereocenters. The molecule has 1 aliphatic rings. The molecule has 1 nitrogen and oxygen atoms in total. The zero-order valence-corrected chi connectivity index (χ0v) is 11.7. The van der Waals surface area contributed by atoms with Crippen molar-refractivity contribution in [3.8, 4) is 0 Å². The lowest BCUT2D eigenvalue weighted by atomic mass is 9.86. The standard InChI is InChI=1S/C16H24FN/c1-4-9-18-16-8-7-14(12(16)3)15-10-13(17)6-5-11(15)2/h5-6,10,12,14,16,18H,4,7-9H2,1-3H3. The Balaban J connectivity index is 2.12. The van der Waals surface area contributed by atoms with Crippen LogP contribution in [0, 0.1) is 18.7 Å². The molecule has 0 radical (unpaired) electrons. The molecule has 0 spiro atoms. The molecule has 0 aliphatic heterocycles. The minimum atomic E-state index is -0.104. The molecule has 100 valence electrons. The van der Waals surface area contributed by atoms with Crippen molar-refractivity contribution in [1.82, 2.24) is 5.32 Å². The van der Waals surface area contributed by atoms with Crippen LogP contribution in [0.5, 0.6) is 0 Å². The predicted molar refractivity (Wildman–Crippen MR) is 74.4 cm³/mol. The zero-order chi connectivity index (χ0) is 13.1. The van der Waals surface area contributed by atoms with Crippen LogP contribution in [0.4, 0.5) is 4.39 Å². The summed E-state index contributed by atoms with van der Waals surface area (Å²) in [6, 6.07) is 5.80. The number of nitrogens with one attached hydrogen (secondary N) is 1. The Hall–Kier alpha value is -0.890. The summed E-state index contributed by atoms with van der Waals surface area (Å²) in [5.74, 6) is 1.000. The fourth-order valence-electron chi connectivity index (χ4n) is 3.23. The first-order valence-electron chi connectivity index (χ1n) is 7.13. The quantitative estimate of drug-likeness (QED) is 0.850. The van der Waals surface area contributed by atoms with Crippen molar-refractivity contribution in [2.45, 2.75) is 52.0 Å². The van der Waals surface area contributed by atoms with E-state index in [-0.39, 0.29) is 5.82 Å². The van der Waals surface area contributed by atoms with Crippen molar-refractivity contribution >= 4 is 0 Å². The van der Waals surface area contributed by atoms with Gasteiger partial charge in [-0.2, -0.15) is 0 Å². The molecule has 0 heterocycles. The minimum absolute atomic E-state index is 0.104. The Morgan fingerprint density at radius 2 is 2.11 bits per heavy atom. The van der Waals surface area contributed by atoms with E-state index >= 15 is 0 Å². The van der Waals surface area contributed by atoms with Gasteiger partial charge in [0, 0.05) is 6.04 Å². The van der Waals surface area contributed by atoms with Crippen molar-refractivity contribution in [2.24, 2.45) is 5.92 Å². The average Bonchev–Trinajstić information content (AvgIpc) is 2.71. The van der Waals surface area contributed by atoms with Gasteiger partial charge in [0.2, 0.25) is 0 Å². The van der Waals surface area contributed by atoms with Gasteiger partial charge in [0.25, 0.3) is 0 Å². The van der Waals surface area contributed by atoms with E-state index < -0.39 is 0 Å². The second kappa shape index (κ2) is 5.83. The molecular weight excluding hydrogens is 225 g/mol. The van der Waals surface area contributed by atoms with Crippen LogP contribution >= 0.6 is 0 Å². The molecule has 1 fully saturated rings. The zero-order valence-electron chi connectivity index (χ0n) is 11.7. The Kier molecular flexibility index (Phi) is 4.39. The maximum Gasteiger partial charge on any atom is 0.123 e. The summed E-state index contributed by atoms with van der Waals surface area (Å²) in [5, 5.41) is 3.62. The van der Waals surface area contributed by atoms with Crippen molar-refractivity contribution in [1.29, 1.82) is 0 Å². The molecule has 0 bridgehead atoms. The van der Waals surface area contributed by atoms with E-state index in [0.29, 0.717) is 17.9 Å². The van der Waals surface area contributed by atoms with Crippen LogP contribution < -0.4 is 5.32 Å². The number of hydrogen-bond donors (Lipinski definition) is 1. The Morgan fingerprint density at radius 3 is 2.83 bits per heavy atom. The summed E-state index contributed by atoms with van der Waals surface area (Å²) in [5.41, 5.74) is 2.44. The van der Waals surface area contributed by atoms with E-state index in [1.54, 1.807) is 12.1 Å². The highest BCUT2D eigenvalue weighted by atomic mass is 19.1. The first kappa shape index (κ1) is 13.5. The maximum atomic E-state index is 13.4. The molecule has 1 aromatic rings. The Bertz CT molecular complexity index is 402. The first-order valence-corrected chi connectivity index (χ1v) is 7.13. The first-order chi connectivity index (χ1) is 8.63. The lowest BCUT2D eigenvalue weighted by Crippen LogP contribution is -2.32. The smallest absolute Gasteiger partial charge is 0.123 e. The van der Waals surface area contributed by atoms with Crippen molar-refractivity contribution in [3.05, 3.63) is 35.1 Å². The number of benzene rings is 1. The van der Waals surface area contributed by atoms with Crippen LogP contribution in [0.25, 0.3) is 0 Å². The third kappa shape index (κ3) is 2.74. The van der Waals surface area contributed by atoms with E-state index in [1.807, 2.05) is 6.07 Å². The van der Waals surface area contributed by atoms with Gasteiger partial charge in [-0.05, 0) is 67.8 Å². The summed E-state index contributed by atoms with van der Waals surface area (Å²) in [4.78, 5) is 0. The fraction of sp³-hybridized carbons (Fsp3) is 0.625. The summed E-state index contributed by atoms with van der Waals surface area (Å²) in [6.07, 6.45) is 3.56. The van der Waals surface area contributed by atoms with Gasteiger partial charge < -0.3 is 5.32 Å². The highest BCUT2D eigenvalue weighted by Crippen LogP contribution is 2.40. The SMILES string of the molecule is CCCNC1CCC(c2cc(F)ccc2C)C1C. The van der Waals surface area contributed by atoms with Crippen molar-refractivity contribution in [2.75, 3.05) is 6.54 Å². The Morgan fingerprint density at radius 1 is 1.33 bits per heavy atom. The molecule has 18 heavy (non-hydrogen) atoms. The van der Waals surface area contributed by atoms with Crippen LogP contribution in [-0.4, -0.2) is 12.6 Å². The van der Waals surface area contributed by atoms with E-state index in [4.69, 9.17) is 0 Å². The molecule has 1 saturated carbocycles. The van der Waals surface area contributed by atoms with Gasteiger partial charge in [-0.3, -0.25) is 0 Å². The second-order valence-electron chi connectivity index (χ2n) is 5.60. The van der Waals surface area contributed by atoms with E-state index in [9.17, 15) is 4.39 Å². The summed E-state index contributed by atoms with van der Waals surface area (Å²) < 4.78 is 13.4. The largest absolute Gasteiger partial charge is 0.314 e.